The van der Waals surface area contributed by atoms with Gasteiger partial charge in [-0.15, -0.1) is 0 Å². The van der Waals surface area contributed by atoms with Gasteiger partial charge in [-0.3, -0.25) is 9.48 Å². The van der Waals surface area contributed by atoms with E-state index in [4.69, 9.17) is 11.6 Å². The number of nitrogens with zero attached hydrogens (tertiary/aromatic N) is 2. The highest BCUT2D eigenvalue weighted by molar-refractivity contribution is 6.34. The van der Waals surface area contributed by atoms with Crippen molar-refractivity contribution in [2.75, 3.05) is 0 Å². The van der Waals surface area contributed by atoms with E-state index >= 15 is 0 Å². The van der Waals surface area contributed by atoms with E-state index in [0.717, 1.165) is 0 Å². The second kappa shape index (κ2) is 5.28. The van der Waals surface area contributed by atoms with Crippen molar-refractivity contribution >= 4 is 17.4 Å². The summed E-state index contributed by atoms with van der Waals surface area (Å²) in [4.78, 5) is 12.3. The Kier molecular flexibility index (Phi) is 3.85. The maximum Gasteiger partial charge on any atom is 0.218 e. The third-order valence-electron chi connectivity index (χ3n) is 2.69. The van der Waals surface area contributed by atoms with E-state index in [-0.39, 0.29) is 16.8 Å². The second-order valence-corrected chi connectivity index (χ2v) is 4.86. The molecule has 0 amide bonds. The summed E-state index contributed by atoms with van der Waals surface area (Å²) in [5.41, 5.74) is -0.984. The molecule has 2 rings (SSSR count). The lowest BCUT2D eigenvalue weighted by Crippen LogP contribution is -2.16. The maximum absolute atomic E-state index is 13.6. The van der Waals surface area contributed by atoms with Gasteiger partial charge in [0.15, 0.2) is 0 Å². The number of carbonyl (C=O) groups is 1. The molecule has 0 atom stereocenters. The van der Waals surface area contributed by atoms with Crippen molar-refractivity contribution in [2.45, 2.75) is 19.9 Å². The molecule has 0 aliphatic rings. The van der Waals surface area contributed by atoms with Crippen LogP contribution in [0.5, 0.6) is 0 Å². The molecular formula is C13H10ClF3N2O. The molecule has 0 spiro atoms. The van der Waals surface area contributed by atoms with Gasteiger partial charge in [-0.2, -0.15) is 5.10 Å². The Labute approximate surface area is 118 Å². The summed E-state index contributed by atoms with van der Waals surface area (Å²) in [6.07, 6.45) is 1.22. The smallest absolute Gasteiger partial charge is 0.218 e. The predicted octanol–water partition coefficient (Wildman–Crippen LogP) is 3.77. The van der Waals surface area contributed by atoms with Crippen LogP contribution in [0.1, 0.15) is 35.9 Å². The van der Waals surface area contributed by atoms with Crippen molar-refractivity contribution in [3.8, 4) is 0 Å². The molecule has 0 aliphatic carbocycles. The first-order chi connectivity index (χ1) is 9.32. The fourth-order valence-electron chi connectivity index (χ4n) is 1.82. The number of benzene rings is 1. The number of carbonyl (C=O) groups excluding carboxylic acids is 1. The lowest BCUT2D eigenvalue weighted by Gasteiger charge is -2.11. The highest BCUT2D eigenvalue weighted by Crippen LogP contribution is 2.25. The zero-order chi connectivity index (χ0) is 15.0. The molecule has 3 nitrogen and oxygen atoms in total. The molecule has 0 aliphatic heterocycles. The van der Waals surface area contributed by atoms with Gasteiger partial charge in [-0.1, -0.05) is 11.6 Å². The third kappa shape index (κ3) is 2.43. The van der Waals surface area contributed by atoms with Crippen LogP contribution in [-0.2, 0) is 0 Å². The van der Waals surface area contributed by atoms with Crippen LogP contribution >= 0.6 is 11.6 Å². The molecule has 0 fully saturated rings. The summed E-state index contributed by atoms with van der Waals surface area (Å²) < 4.78 is 41.4. The first kappa shape index (κ1) is 14.6. The minimum absolute atomic E-state index is 0.0215. The first-order valence-electron chi connectivity index (χ1n) is 5.75. The average Bonchev–Trinajstić information content (AvgIpc) is 2.69. The largest absolute Gasteiger partial charge is 0.287 e. The summed E-state index contributed by atoms with van der Waals surface area (Å²) >= 11 is 5.85. The topological polar surface area (TPSA) is 34.9 Å². The fraction of sp³-hybridized carbons (Fsp3) is 0.231. The molecule has 0 N–H and O–H groups in total. The first-order valence-corrected chi connectivity index (χ1v) is 6.13. The third-order valence-corrected chi connectivity index (χ3v) is 2.97. The van der Waals surface area contributed by atoms with Gasteiger partial charge in [0.25, 0.3) is 0 Å². The lowest BCUT2D eigenvalue weighted by atomic mass is 10.1. The Balaban J connectivity index is 2.61. The molecule has 7 heteroatoms. The fourth-order valence-corrected chi connectivity index (χ4v) is 2.04. The van der Waals surface area contributed by atoms with E-state index in [2.05, 4.69) is 5.10 Å². The van der Waals surface area contributed by atoms with E-state index < -0.39 is 28.8 Å². The molecule has 1 aromatic carbocycles. The molecule has 0 bridgehead atoms. The van der Waals surface area contributed by atoms with E-state index in [1.54, 1.807) is 13.8 Å². The summed E-state index contributed by atoms with van der Waals surface area (Å²) in [6.45, 7) is 3.47. The lowest BCUT2D eigenvalue weighted by molar-refractivity contribution is 0.101. The van der Waals surface area contributed by atoms with E-state index in [9.17, 15) is 18.0 Å². The van der Waals surface area contributed by atoms with Gasteiger partial charge < -0.3 is 0 Å². The molecule has 0 unspecified atom stereocenters. The minimum atomic E-state index is -1.28. The summed E-state index contributed by atoms with van der Waals surface area (Å²) in [6, 6.07) is 0.661. The molecule has 1 heterocycles. The van der Waals surface area contributed by atoms with E-state index in [1.165, 1.54) is 10.9 Å². The Morgan fingerprint density at radius 3 is 2.30 bits per heavy atom. The van der Waals surface area contributed by atoms with Gasteiger partial charge in [-0.25, -0.2) is 13.2 Å². The van der Waals surface area contributed by atoms with Crippen LogP contribution in [0, 0.1) is 17.5 Å². The number of hydrogen-bond donors (Lipinski definition) is 0. The highest BCUT2D eigenvalue weighted by Gasteiger charge is 2.26. The van der Waals surface area contributed by atoms with Gasteiger partial charge >= 0.3 is 0 Å². The quantitative estimate of drug-likeness (QED) is 0.809. The molecular weight excluding hydrogens is 293 g/mol. The van der Waals surface area contributed by atoms with Crippen molar-refractivity contribution in [1.29, 1.82) is 0 Å². The zero-order valence-corrected chi connectivity index (χ0v) is 11.4. The predicted molar refractivity (Wildman–Crippen MR) is 67.4 cm³/mol. The number of hydrogen-bond acceptors (Lipinski definition) is 2. The summed E-state index contributed by atoms with van der Waals surface area (Å²) in [5.74, 6) is -4.63. The monoisotopic (exact) mass is 302 g/mol. The van der Waals surface area contributed by atoms with Gasteiger partial charge in [0.1, 0.15) is 23.1 Å². The molecule has 2 aromatic rings. The summed E-state index contributed by atoms with van der Waals surface area (Å²) in [5, 5.41) is 3.86. The molecule has 0 saturated carbocycles. The average molecular weight is 303 g/mol. The van der Waals surface area contributed by atoms with Gasteiger partial charge in [-0.05, 0) is 13.8 Å². The van der Waals surface area contributed by atoms with Crippen molar-refractivity contribution < 1.29 is 18.0 Å². The normalized spacial score (nSPS) is 11.2. The Morgan fingerprint density at radius 2 is 1.80 bits per heavy atom. The number of aromatic nitrogens is 2. The second-order valence-electron chi connectivity index (χ2n) is 4.45. The van der Waals surface area contributed by atoms with Crippen LogP contribution in [-0.4, -0.2) is 15.6 Å². The SMILES string of the molecule is CC(C)n1ncc(Cl)c1C(=O)c1c(F)cc(F)cc1F. The molecule has 20 heavy (non-hydrogen) atoms. The Bertz CT molecular complexity index is 659. The van der Waals surface area contributed by atoms with Crippen molar-refractivity contribution in [3.05, 3.63) is 52.1 Å². The van der Waals surface area contributed by atoms with Crippen LogP contribution in [0.25, 0.3) is 0 Å². The number of rotatable bonds is 3. The number of ketones is 1. The van der Waals surface area contributed by atoms with Crippen LogP contribution < -0.4 is 0 Å². The molecule has 0 saturated heterocycles. The van der Waals surface area contributed by atoms with Crippen molar-refractivity contribution in [1.82, 2.24) is 9.78 Å². The van der Waals surface area contributed by atoms with Crippen LogP contribution in [0.4, 0.5) is 13.2 Å². The molecule has 1 aromatic heterocycles. The minimum Gasteiger partial charge on any atom is -0.287 e. The van der Waals surface area contributed by atoms with Crippen molar-refractivity contribution in [3.63, 3.8) is 0 Å². The molecule has 0 radical (unpaired) electrons. The number of halogens is 4. The van der Waals surface area contributed by atoms with Gasteiger partial charge in [0, 0.05) is 18.2 Å². The van der Waals surface area contributed by atoms with Crippen LogP contribution in [0.3, 0.4) is 0 Å². The molecule has 106 valence electrons. The van der Waals surface area contributed by atoms with Crippen LogP contribution in [0.15, 0.2) is 18.3 Å². The Hall–Kier alpha value is -1.82. The van der Waals surface area contributed by atoms with Crippen molar-refractivity contribution in [2.24, 2.45) is 0 Å². The van der Waals surface area contributed by atoms with Gasteiger partial charge in [0.2, 0.25) is 5.78 Å². The zero-order valence-electron chi connectivity index (χ0n) is 10.6. The van der Waals surface area contributed by atoms with Crippen LogP contribution in [0.2, 0.25) is 5.02 Å². The van der Waals surface area contributed by atoms with Gasteiger partial charge in [0.05, 0.1) is 16.8 Å². The summed E-state index contributed by atoms with van der Waals surface area (Å²) in [7, 11) is 0. The Morgan fingerprint density at radius 1 is 1.25 bits per heavy atom. The standard InChI is InChI=1S/C13H10ClF3N2O/c1-6(2)19-12(8(14)5-18-19)13(20)11-9(16)3-7(15)4-10(11)17/h3-6H,1-2H3. The maximum atomic E-state index is 13.6. The highest BCUT2D eigenvalue weighted by atomic mass is 35.5. The van der Waals surface area contributed by atoms with E-state index in [0.29, 0.717) is 12.1 Å². The van der Waals surface area contributed by atoms with E-state index in [1.807, 2.05) is 0 Å².